The van der Waals surface area contributed by atoms with E-state index in [4.69, 9.17) is 0 Å². The van der Waals surface area contributed by atoms with Gasteiger partial charge in [-0.3, -0.25) is 9.59 Å². The van der Waals surface area contributed by atoms with Crippen molar-refractivity contribution in [1.82, 2.24) is 10.3 Å². The van der Waals surface area contributed by atoms with Crippen molar-refractivity contribution in [2.75, 3.05) is 6.54 Å². The summed E-state index contributed by atoms with van der Waals surface area (Å²) in [7, 11) is 0. The molecule has 0 aromatic heterocycles. The van der Waals surface area contributed by atoms with E-state index in [2.05, 4.69) is 15.2 Å². The molecule has 6 nitrogen and oxygen atoms in total. The number of halogens is 2. The van der Waals surface area contributed by atoms with Gasteiger partial charge in [-0.25, -0.2) is 5.01 Å². The van der Waals surface area contributed by atoms with Crippen LogP contribution in [0, 0.1) is 0 Å². The van der Waals surface area contributed by atoms with Gasteiger partial charge in [0.25, 0.3) is 5.91 Å². The highest BCUT2D eigenvalue weighted by atomic mass is 19.3. The molecule has 0 radical (unpaired) electrons. The molecule has 0 saturated carbocycles. The summed E-state index contributed by atoms with van der Waals surface area (Å²) in [5.74, 6) is -0.336. The Kier molecular flexibility index (Phi) is 6.89. The molecule has 2 amide bonds. The maximum absolute atomic E-state index is 12.4. The number of ether oxygens (including phenoxy) is 1. The van der Waals surface area contributed by atoms with E-state index >= 15 is 0 Å². The van der Waals surface area contributed by atoms with Gasteiger partial charge in [0.1, 0.15) is 11.5 Å². The summed E-state index contributed by atoms with van der Waals surface area (Å²) < 4.78 is 28.6. The van der Waals surface area contributed by atoms with Gasteiger partial charge in [-0.2, -0.15) is 13.9 Å². The van der Waals surface area contributed by atoms with E-state index in [1.165, 1.54) is 17.1 Å². The zero-order chi connectivity index (χ0) is 20.6. The monoisotopic (exact) mass is 401 g/mol. The Morgan fingerprint density at radius 1 is 1.07 bits per heavy atom. The number of benzene rings is 2. The van der Waals surface area contributed by atoms with Crippen LogP contribution in [0.3, 0.4) is 0 Å². The van der Waals surface area contributed by atoms with Gasteiger partial charge in [-0.15, -0.1) is 0 Å². The second-order valence-corrected chi connectivity index (χ2v) is 6.51. The van der Waals surface area contributed by atoms with Crippen LogP contribution < -0.4 is 10.1 Å². The lowest BCUT2D eigenvalue weighted by Crippen LogP contribution is -2.39. The van der Waals surface area contributed by atoms with Crippen molar-refractivity contribution in [2.24, 2.45) is 5.10 Å². The van der Waals surface area contributed by atoms with Crippen molar-refractivity contribution >= 4 is 17.5 Å². The van der Waals surface area contributed by atoms with Crippen molar-refractivity contribution in [2.45, 2.75) is 32.4 Å². The van der Waals surface area contributed by atoms with Crippen molar-refractivity contribution in [1.29, 1.82) is 0 Å². The molecule has 1 N–H and O–H groups in total. The molecule has 8 heteroatoms. The summed E-state index contributed by atoms with van der Waals surface area (Å²) in [5, 5.41) is 8.34. The first-order valence-corrected chi connectivity index (χ1v) is 9.25. The first-order valence-electron chi connectivity index (χ1n) is 9.25. The molecular formula is C21H21F2N3O3. The molecule has 0 aliphatic carbocycles. The molecular weight excluding hydrogens is 380 g/mol. The normalized spacial score (nSPS) is 14.0. The number of nitrogens with one attached hydrogen (secondary N) is 1. The van der Waals surface area contributed by atoms with Crippen molar-refractivity contribution in [3.05, 3.63) is 65.7 Å². The highest BCUT2D eigenvalue weighted by Gasteiger charge is 2.24. The van der Waals surface area contributed by atoms with Crippen molar-refractivity contribution in [3.63, 3.8) is 0 Å². The van der Waals surface area contributed by atoms with Gasteiger partial charge >= 0.3 is 6.61 Å². The van der Waals surface area contributed by atoms with Crippen molar-refractivity contribution < 1.29 is 23.1 Å². The fourth-order valence-electron chi connectivity index (χ4n) is 2.90. The second kappa shape index (κ2) is 9.77. The number of hydrazone groups is 1. The van der Waals surface area contributed by atoms with Crippen LogP contribution >= 0.6 is 0 Å². The largest absolute Gasteiger partial charge is 0.435 e. The van der Waals surface area contributed by atoms with Gasteiger partial charge in [0.15, 0.2) is 0 Å². The third-order valence-corrected chi connectivity index (χ3v) is 4.39. The minimum atomic E-state index is -2.86. The molecule has 1 aliphatic rings. The van der Waals surface area contributed by atoms with Crippen LogP contribution in [0.1, 0.15) is 24.0 Å². The Hall–Kier alpha value is -3.29. The average molecular weight is 401 g/mol. The minimum Gasteiger partial charge on any atom is -0.435 e. The van der Waals surface area contributed by atoms with E-state index in [-0.39, 0.29) is 24.0 Å². The number of nitrogens with zero attached hydrogens (tertiary/aromatic N) is 2. The van der Waals surface area contributed by atoms with E-state index in [0.717, 1.165) is 11.1 Å². The van der Waals surface area contributed by atoms with Crippen LogP contribution in [0.5, 0.6) is 5.75 Å². The third-order valence-electron chi connectivity index (χ3n) is 4.39. The number of rotatable bonds is 8. The van der Waals surface area contributed by atoms with Crippen LogP contribution in [0.15, 0.2) is 59.7 Å². The summed E-state index contributed by atoms with van der Waals surface area (Å²) in [6, 6.07) is 15.7. The van der Waals surface area contributed by atoms with Gasteiger partial charge in [0, 0.05) is 19.4 Å². The topological polar surface area (TPSA) is 71.0 Å². The minimum absolute atomic E-state index is 0.0903. The molecule has 0 unspecified atom stereocenters. The lowest BCUT2D eigenvalue weighted by Gasteiger charge is -2.23. The number of carbonyl (C=O) groups excluding carboxylic acids is 2. The Labute approximate surface area is 167 Å². The number of hydrogen-bond acceptors (Lipinski definition) is 4. The smallest absolute Gasteiger partial charge is 0.387 e. The predicted octanol–water partition coefficient (Wildman–Crippen LogP) is 3.13. The van der Waals surface area contributed by atoms with Gasteiger partial charge in [0.2, 0.25) is 5.91 Å². The molecule has 0 saturated heterocycles. The lowest BCUT2D eigenvalue weighted by atomic mass is 10.1. The molecule has 2 aromatic rings. The highest BCUT2D eigenvalue weighted by molar-refractivity contribution is 6.39. The second-order valence-electron chi connectivity index (χ2n) is 6.51. The van der Waals surface area contributed by atoms with Crippen LogP contribution in [0.2, 0.25) is 0 Å². The molecule has 0 fully saturated rings. The van der Waals surface area contributed by atoms with Crippen LogP contribution in [0.4, 0.5) is 8.78 Å². The van der Waals surface area contributed by atoms with Gasteiger partial charge in [-0.1, -0.05) is 42.5 Å². The zero-order valence-corrected chi connectivity index (χ0v) is 15.7. The molecule has 0 spiro atoms. The van der Waals surface area contributed by atoms with E-state index in [1.807, 2.05) is 30.3 Å². The first-order chi connectivity index (χ1) is 14.0. The number of hydrogen-bond donors (Lipinski definition) is 1. The average Bonchev–Trinajstić information content (AvgIpc) is 2.71. The summed E-state index contributed by atoms with van der Waals surface area (Å²) in [4.78, 5) is 24.5. The van der Waals surface area contributed by atoms with Gasteiger partial charge in [-0.05, 0) is 29.7 Å². The van der Waals surface area contributed by atoms with Crippen LogP contribution in [0.25, 0.3) is 0 Å². The summed E-state index contributed by atoms with van der Waals surface area (Å²) >= 11 is 0. The SMILES string of the molecule is O=C(NCCc1ccc(OC(F)F)cc1)C1=NN(Cc2ccccc2)C(=O)CC1. The van der Waals surface area contributed by atoms with E-state index in [0.29, 0.717) is 31.6 Å². The van der Waals surface area contributed by atoms with E-state index < -0.39 is 6.61 Å². The standard InChI is InChI=1S/C21H21F2N3O3/c22-21(23)29-17-8-6-15(7-9-17)12-13-24-20(28)18-10-11-19(27)26(25-18)14-16-4-2-1-3-5-16/h1-9,21H,10-14H2,(H,24,28). The maximum atomic E-state index is 12.4. The molecule has 1 heterocycles. The summed E-state index contributed by atoms with van der Waals surface area (Å²) in [6.45, 7) is -2.17. The van der Waals surface area contributed by atoms with Gasteiger partial charge < -0.3 is 10.1 Å². The Balaban J connectivity index is 1.51. The quantitative estimate of drug-likeness (QED) is 0.739. The third kappa shape index (κ3) is 6.10. The molecule has 0 atom stereocenters. The maximum Gasteiger partial charge on any atom is 0.387 e. The summed E-state index contributed by atoms with van der Waals surface area (Å²) in [5.41, 5.74) is 2.13. The molecule has 1 aliphatic heterocycles. The molecule has 2 aromatic carbocycles. The fourth-order valence-corrected chi connectivity index (χ4v) is 2.90. The van der Waals surface area contributed by atoms with E-state index in [1.54, 1.807) is 12.1 Å². The van der Waals surface area contributed by atoms with Crippen molar-refractivity contribution in [3.8, 4) is 5.75 Å². The Morgan fingerprint density at radius 3 is 2.48 bits per heavy atom. The van der Waals surface area contributed by atoms with Crippen LogP contribution in [-0.4, -0.2) is 35.7 Å². The Morgan fingerprint density at radius 2 is 1.79 bits per heavy atom. The fraction of sp³-hybridized carbons (Fsp3) is 0.286. The zero-order valence-electron chi connectivity index (χ0n) is 15.7. The van der Waals surface area contributed by atoms with E-state index in [9.17, 15) is 18.4 Å². The summed E-state index contributed by atoms with van der Waals surface area (Å²) in [6.07, 6.45) is 1.07. The number of amides is 2. The first kappa shape index (κ1) is 20.4. The Bertz CT molecular complexity index is 870. The van der Waals surface area contributed by atoms with Gasteiger partial charge in [0.05, 0.1) is 6.54 Å². The number of alkyl halides is 2. The molecule has 29 heavy (non-hydrogen) atoms. The van der Waals surface area contributed by atoms with Crippen LogP contribution in [-0.2, 0) is 22.6 Å². The molecule has 152 valence electrons. The lowest BCUT2D eigenvalue weighted by molar-refractivity contribution is -0.132. The molecule has 0 bridgehead atoms. The molecule has 3 rings (SSSR count). The predicted molar refractivity (Wildman–Crippen MR) is 103 cm³/mol. The highest BCUT2D eigenvalue weighted by Crippen LogP contribution is 2.16. The number of carbonyl (C=O) groups is 2.